The van der Waals surface area contributed by atoms with E-state index in [2.05, 4.69) is 5.32 Å². The SMILES string of the molecule is CC=CCOC1CCNC1. The molecule has 1 aliphatic heterocycles. The first-order chi connectivity index (χ1) is 4.93. The lowest BCUT2D eigenvalue weighted by Gasteiger charge is -2.06. The van der Waals surface area contributed by atoms with Crippen molar-refractivity contribution in [3.63, 3.8) is 0 Å². The first-order valence-corrected chi connectivity index (χ1v) is 3.87. The first kappa shape index (κ1) is 7.76. The third kappa shape index (κ3) is 2.50. The van der Waals surface area contributed by atoms with Gasteiger partial charge in [0.15, 0.2) is 0 Å². The van der Waals surface area contributed by atoms with Crippen LogP contribution in [0.2, 0.25) is 0 Å². The molecule has 2 nitrogen and oxygen atoms in total. The second-order valence-corrected chi connectivity index (χ2v) is 2.52. The Morgan fingerprint density at radius 3 is 3.20 bits per heavy atom. The molecule has 0 spiro atoms. The van der Waals surface area contributed by atoms with Crippen molar-refractivity contribution in [1.82, 2.24) is 5.32 Å². The minimum atomic E-state index is 0.455. The summed E-state index contributed by atoms with van der Waals surface area (Å²) in [6.07, 6.45) is 5.68. The van der Waals surface area contributed by atoms with Crippen LogP contribution in [0.1, 0.15) is 13.3 Å². The summed E-state index contributed by atoms with van der Waals surface area (Å²) in [7, 11) is 0. The Morgan fingerprint density at radius 1 is 1.70 bits per heavy atom. The van der Waals surface area contributed by atoms with Gasteiger partial charge in [-0.3, -0.25) is 0 Å². The predicted octanol–water partition coefficient (Wildman–Crippen LogP) is 0.941. The first-order valence-electron chi connectivity index (χ1n) is 3.87. The van der Waals surface area contributed by atoms with E-state index < -0.39 is 0 Å². The van der Waals surface area contributed by atoms with Crippen LogP contribution < -0.4 is 5.32 Å². The van der Waals surface area contributed by atoms with Crippen LogP contribution in [0.5, 0.6) is 0 Å². The molecule has 2 heteroatoms. The number of hydrogen-bond acceptors (Lipinski definition) is 2. The third-order valence-electron chi connectivity index (χ3n) is 1.68. The second-order valence-electron chi connectivity index (χ2n) is 2.52. The Labute approximate surface area is 62.3 Å². The highest BCUT2D eigenvalue weighted by Gasteiger charge is 2.12. The molecule has 58 valence electrons. The van der Waals surface area contributed by atoms with Crippen LogP contribution >= 0.6 is 0 Å². The quantitative estimate of drug-likeness (QED) is 0.591. The van der Waals surface area contributed by atoms with E-state index in [0.29, 0.717) is 6.10 Å². The average Bonchev–Trinajstić information content (AvgIpc) is 2.41. The molecule has 1 aliphatic rings. The summed E-state index contributed by atoms with van der Waals surface area (Å²) in [5.41, 5.74) is 0. The maximum Gasteiger partial charge on any atom is 0.0715 e. The van der Waals surface area contributed by atoms with Crippen LogP contribution in [0.25, 0.3) is 0 Å². The smallest absolute Gasteiger partial charge is 0.0715 e. The molecule has 0 bridgehead atoms. The molecule has 1 unspecified atom stereocenters. The van der Waals surface area contributed by atoms with Gasteiger partial charge in [0, 0.05) is 6.54 Å². The summed E-state index contributed by atoms with van der Waals surface area (Å²) >= 11 is 0. The molecule has 1 heterocycles. The lowest BCUT2D eigenvalue weighted by atomic mass is 10.3. The Kier molecular flexibility index (Phi) is 3.47. The van der Waals surface area contributed by atoms with Gasteiger partial charge in [-0.1, -0.05) is 12.2 Å². The van der Waals surface area contributed by atoms with Gasteiger partial charge >= 0.3 is 0 Å². The number of nitrogens with one attached hydrogen (secondary N) is 1. The largest absolute Gasteiger partial charge is 0.373 e. The van der Waals surface area contributed by atoms with Gasteiger partial charge in [0.2, 0.25) is 0 Å². The molecular weight excluding hydrogens is 126 g/mol. The predicted molar refractivity (Wildman–Crippen MR) is 42.0 cm³/mol. The van der Waals surface area contributed by atoms with E-state index in [4.69, 9.17) is 4.74 Å². The van der Waals surface area contributed by atoms with Gasteiger partial charge in [-0.25, -0.2) is 0 Å². The van der Waals surface area contributed by atoms with Crippen LogP contribution in [0, 0.1) is 0 Å². The van der Waals surface area contributed by atoms with Gasteiger partial charge in [-0.2, -0.15) is 0 Å². The molecule has 0 saturated carbocycles. The summed E-state index contributed by atoms with van der Waals surface area (Å²) in [5, 5.41) is 3.25. The zero-order valence-electron chi connectivity index (χ0n) is 6.47. The Hall–Kier alpha value is -0.340. The molecule has 10 heavy (non-hydrogen) atoms. The number of hydrogen-bond donors (Lipinski definition) is 1. The van der Waals surface area contributed by atoms with Crippen molar-refractivity contribution in [2.75, 3.05) is 19.7 Å². The second kappa shape index (κ2) is 4.47. The van der Waals surface area contributed by atoms with Crippen molar-refractivity contribution in [3.05, 3.63) is 12.2 Å². The van der Waals surface area contributed by atoms with Gasteiger partial charge in [0.1, 0.15) is 0 Å². The molecule has 1 saturated heterocycles. The molecule has 0 aromatic rings. The van der Waals surface area contributed by atoms with Gasteiger partial charge in [-0.15, -0.1) is 0 Å². The highest BCUT2D eigenvalue weighted by molar-refractivity contribution is 4.78. The molecule has 1 rings (SSSR count). The minimum absolute atomic E-state index is 0.455. The third-order valence-corrected chi connectivity index (χ3v) is 1.68. The van der Waals surface area contributed by atoms with Gasteiger partial charge < -0.3 is 10.1 Å². The Morgan fingerprint density at radius 2 is 2.60 bits per heavy atom. The van der Waals surface area contributed by atoms with E-state index >= 15 is 0 Å². The molecule has 0 aromatic heterocycles. The van der Waals surface area contributed by atoms with E-state index in [0.717, 1.165) is 26.1 Å². The summed E-state index contributed by atoms with van der Waals surface area (Å²) < 4.78 is 5.49. The fourth-order valence-electron chi connectivity index (χ4n) is 1.06. The van der Waals surface area contributed by atoms with E-state index in [1.165, 1.54) is 0 Å². The maximum absolute atomic E-state index is 5.49. The average molecular weight is 141 g/mol. The molecule has 0 amide bonds. The van der Waals surface area contributed by atoms with Crippen molar-refractivity contribution < 1.29 is 4.74 Å². The summed E-state index contributed by atoms with van der Waals surface area (Å²) in [6.45, 7) is 4.91. The van der Waals surface area contributed by atoms with E-state index in [1.54, 1.807) is 0 Å². The van der Waals surface area contributed by atoms with Gasteiger partial charge in [-0.05, 0) is 19.9 Å². The normalized spacial score (nSPS) is 26.3. The molecule has 0 radical (unpaired) electrons. The summed E-state index contributed by atoms with van der Waals surface area (Å²) in [4.78, 5) is 0. The van der Waals surface area contributed by atoms with E-state index in [1.807, 2.05) is 19.1 Å². The van der Waals surface area contributed by atoms with Crippen LogP contribution in [0.15, 0.2) is 12.2 Å². The van der Waals surface area contributed by atoms with Crippen molar-refractivity contribution in [2.24, 2.45) is 0 Å². The van der Waals surface area contributed by atoms with Crippen molar-refractivity contribution >= 4 is 0 Å². The standard InChI is InChI=1S/C8H15NO/c1-2-3-6-10-8-4-5-9-7-8/h2-3,8-9H,4-7H2,1H3. The van der Waals surface area contributed by atoms with Crippen LogP contribution in [-0.2, 0) is 4.74 Å². The molecule has 0 aliphatic carbocycles. The minimum Gasteiger partial charge on any atom is -0.373 e. The molecular formula is C8H15NO. The zero-order chi connectivity index (χ0) is 7.23. The topological polar surface area (TPSA) is 21.3 Å². The Balaban J connectivity index is 2.01. The highest BCUT2D eigenvalue weighted by atomic mass is 16.5. The fourth-order valence-corrected chi connectivity index (χ4v) is 1.06. The van der Waals surface area contributed by atoms with Gasteiger partial charge in [0.25, 0.3) is 0 Å². The van der Waals surface area contributed by atoms with E-state index in [9.17, 15) is 0 Å². The van der Waals surface area contributed by atoms with Crippen molar-refractivity contribution in [3.8, 4) is 0 Å². The number of allylic oxidation sites excluding steroid dienone is 1. The highest BCUT2D eigenvalue weighted by Crippen LogP contribution is 2.01. The lowest BCUT2D eigenvalue weighted by molar-refractivity contribution is 0.0894. The van der Waals surface area contributed by atoms with Crippen LogP contribution in [-0.4, -0.2) is 25.8 Å². The fraction of sp³-hybridized carbons (Fsp3) is 0.750. The van der Waals surface area contributed by atoms with Crippen LogP contribution in [0.4, 0.5) is 0 Å². The van der Waals surface area contributed by atoms with Gasteiger partial charge in [0.05, 0.1) is 12.7 Å². The van der Waals surface area contributed by atoms with Crippen LogP contribution in [0.3, 0.4) is 0 Å². The van der Waals surface area contributed by atoms with E-state index in [-0.39, 0.29) is 0 Å². The summed E-state index contributed by atoms with van der Waals surface area (Å²) in [6, 6.07) is 0. The lowest BCUT2D eigenvalue weighted by Crippen LogP contribution is -2.16. The molecule has 0 aromatic carbocycles. The zero-order valence-corrected chi connectivity index (χ0v) is 6.47. The maximum atomic E-state index is 5.49. The van der Waals surface area contributed by atoms with Crippen molar-refractivity contribution in [1.29, 1.82) is 0 Å². The summed E-state index contributed by atoms with van der Waals surface area (Å²) in [5.74, 6) is 0. The molecule has 1 N–H and O–H groups in total. The number of rotatable bonds is 3. The number of ether oxygens (including phenoxy) is 1. The molecule has 1 fully saturated rings. The van der Waals surface area contributed by atoms with Crippen molar-refractivity contribution in [2.45, 2.75) is 19.4 Å². The Bertz CT molecular complexity index is 106. The monoisotopic (exact) mass is 141 g/mol. The molecule has 1 atom stereocenters.